The molecule has 20 heavy (non-hydrogen) atoms. The summed E-state index contributed by atoms with van der Waals surface area (Å²) in [4.78, 5) is 12.0. The van der Waals surface area contributed by atoms with Crippen molar-refractivity contribution in [3.8, 4) is 11.3 Å². The molecule has 0 aliphatic heterocycles. The molecule has 0 atom stereocenters. The standard InChI is InChI=1S/C14H11N2O2S.BrH/c17-13(9-16-6-7-19-10-16)14-8-12(15-18-14)11-4-2-1-3-5-11;/h1-8,10H,9H2;1H/q+1;/p-1. The van der Waals surface area contributed by atoms with E-state index in [-0.39, 0.29) is 35.1 Å². The van der Waals surface area contributed by atoms with Crippen LogP contribution in [0.2, 0.25) is 0 Å². The fourth-order valence-electron chi connectivity index (χ4n) is 1.75. The first-order valence-corrected chi connectivity index (χ1v) is 6.74. The number of rotatable bonds is 4. The molecular weight excluding hydrogens is 340 g/mol. The average molecular weight is 351 g/mol. The molecule has 0 aliphatic rings. The number of hydrogen-bond donors (Lipinski definition) is 0. The fraction of sp³-hybridized carbons (Fsp3) is 0.0714. The Kier molecular flexibility index (Phi) is 4.81. The number of Topliss-reactive ketones (excluding diaryl/α,β-unsaturated/α-hetero) is 1. The minimum absolute atomic E-state index is 0. The molecule has 3 rings (SSSR count). The maximum Gasteiger partial charge on any atom is 0.265 e. The molecule has 4 nitrogen and oxygen atoms in total. The number of ketones is 1. The molecule has 6 heteroatoms. The van der Waals surface area contributed by atoms with Gasteiger partial charge in [-0.25, -0.2) is 0 Å². The Morgan fingerprint density at radius 2 is 2.10 bits per heavy atom. The largest absolute Gasteiger partial charge is 1.00 e. The second-order valence-electron chi connectivity index (χ2n) is 4.06. The Morgan fingerprint density at radius 3 is 2.80 bits per heavy atom. The molecule has 0 N–H and O–H groups in total. The van der Waals surface area contributed by atoms with Crippen molar-refractivity contribution in [2.24, 2.45) is 0 Å². The van der Waals surface area contributed by atoms with E-state index < -0.39 is 0 Å². The molecule has 0 unspecified atom stereocenters. The molecule has 0 spiro atoms. The molecule has 1 aromatic carbocycles. The van der Waals surface area contributed by atoms with Gasteiger partial charge in [-0.1, -0.05) is 46.8 Å². The summed E-state index contributed by atoms with van der Waals surface area (Å²) in [6.45, 7) is 0.271. The second kappa shape index (κ2) is 6.58. The molecule has 102 valence electrons. The van der Waals surface area contributed by atoms with E-state index in [0.29, 0.717) is 5.69 Å². The number of carbonyl (C=O) groups is 1. The summed E-state index contributed by atoms with van der Waals surface area (Å²) < 4.78 is 6.94. The Labute approximate surface area is 130 Å². The van der Waals surface area contributed by atoms with E-state index in [0.717, 1.165) is 5.56 Å². The normalized spacial score (nSPS) is 10.0. The van der Waals surface area contributed by atoms with E-state index in [1.54, 1.807) is 17.4 Å². The van der Waals surface area contributed by atoms with Gasteiger partial charge < -0.3 is 21.5 Å². The summed E-state index contributed by atoms with van der Waals surface area (Å²) >= 11 is 1.54. The molecule has 0 aliphatic carbocycles. The van der Waals surface area contributed by atoms with Crippen LogP contribution >= 0.6 is 11.3 Å². The van der Waals surface area contributed by atoms with Crippen molar-refractivity contribution in [3.63, 3.8) is 0 Å². The molecule has 3 aromatic rings. The first kappa shape index (κ1) is 14.6. The van der Waals surface area contributed by atoms with Gasteiger partial charge in [-0.15, -0.1) is 0 Å². The van der Waals surface area contributed by atoms with Gasteiger partial charge in [0, 0.05) is 11.6 Å². The zero-order chi connectivity index (χ0) is 13.1. The van der Waals surface area contributed by atoms with Gasteiger partial charge in [-0.2, -0.15) is 4.57 Å². The third-order valence-electron chi connectivity index (χ3n) is 2.71. The Bertz CT molecular complexity index is 680. The SMILES string of the molecule is O=C(C[n+]1ccsc1)c1cc(-c2ccccc2)no1.[Br-]. The van der Waals surface area contributed by atoms with Crippen molar-refractivity contribution in [1.82, 2.24) is 5.16 Å². The third-order valence-corrected chi connectivity index (χ3v) is 3.38. The second-order valence-corrected chi connectivity index (χ2v) is 4.82. The quantitative estimate of drug-likeness (QED) is 0.474. The molecule has 2 aromatic heterocycles. The lowest BCUT2D eigenvalue weighted by molar-refractivity contribution is -0.678. The molecule has 0 saturated carbocycles. The number of benzene rings is 1. The van der Waals surface area contributed by atoms with E-state index in [1.165, 1.54) is 0 Å². The van der Waals surface area contributed by atoms with Gasteiger partial charge in [0.05, 0.1) is 5.38 Å². The predicted molar refractivity (Wildman–Crippen MR) is 70.8 cm³/mol. The monoisotopic (exact) mass is 350 g/mol. The minimum Gasteiger partial charge on any atom is -1.00 e. The number of aromatic nitrogens is 2. The highest BCUT2D eigenvalue weighted by atomic mass is 79.9. The maximum absolute atomic E-state index is 12.0. The summed E-state index contributed by atoms with van der Waals surface area (Å²) in [6.07, 6.45) is 1.86. The number of nitrogens with zero attached hydrogens (tertiary/aromatic N) is 2. The van der Waals surface area contributed by atoms with Crippen molar-refractivity contribution in [2.75, 3.05) is 0 Å². The van der Waals surface area contributed by atoms with Crippen LogP contribution in [-0.2, 0) is 6.54 Å². The summed E-state index contributed by atoms with van der Waals surface area (Å²) in [5.41, 5.74) is 3.50. The van der Waals surface area contributed by atoms with Gasteiger partial charge in [0.2, 0.25) is 17.8 Å². The predicted octanol–water partition coefficient (Wildman–Crippen LogP) is -0.423. The maximum atomic E-state index is 12.0. The van der Waals surface area contributed by atoms with Crippen LogP contribution in [0.15, 0.2) is 58.0 Å². The van der Waals surface area contributed by atoms with Gasteiger partial charge in [-0.05, 0) is 0 Å². The van der Waals surface area contributed by atoms with E-state index in [2.05, 4.69) is 5.16 Å². The van der Waals surface area contributed by atoms with Gasteiger partial charge in [0.25, 0.3) is 5.78 Å². The van der Waals surface area contributed by atoms with E-state index in [1.807, 2.05) is 52.0 Å². The average Bonchev–Trinajstić information content (AvgIpc) is 3.10. The lowest BCUT2D eigenvalue weighted by Crippen LogP contribution is -3.00. The highest BCUT2D eigenvalue weighted by molar-refractivity contribution is 7.07. The first-order chi connectivity index (χ1) is 9.33. The van der Waals surface area contributed by atoms with Crippen molar-refractivity contribution in [1.29, 1.82) is 0 Å². The van der Waals surface area contributed by atoms with Gasteiger partial charge in [0.1, 0.15) is 5.69 Å². The topological polar surface area (TPSA) is 47.0 Å². The van der Waals surface area contributed by atoms with Crippen molar-refractivity contribution in [2.45, 2.75) is 6.54 Å². The summed E-state index contributed by atoms with van der Waals surface area (Å²) in [7, 11) is 0. The van der Waals surface area contributed by atoms with Crippen molar-refractivity contribution >= 4 is 17.1 Å². The van der Waals surface area contributed by atoms with Crippen LogP contribution < -0.4 is 21.5 Å². The number of thiazole rings is 1. The lowest BCUT2D eigenvalue weighted by atomic mass is 10.1. The Balaban J connectivity index is 0.00000147. The zero-order valence-electron chi connectivity index (χ0n) is 10.4. The van der Waals surface area contributed by atoms with Gasteiger partial charge >= 0.3 is 0 Å². The number of hydrogen-bond acceptors (Lipinski definition) is 4. The molecule has 0 amide bonds. The summed E-state index contributed by atoms with van der Waals surface area (Å²) in [6, 6.07) is 11.3. The molecule has 2 heterocycles. The fourth-order valence-corrected chi connectivity index (χ4v) is 2.35. The Hall–Kier alpha value is -1.79. The zero-order valence-corrected chi connectivity index (χ0v) is 12.8. The molecular formula is C14H11BrN2O2S. The molecule has 0 bridgehead atoms. The molecule has 0 saturated heterocycles. The molecule has 0 fully saturated rings. The van der Waals surface area contributed by atoms with Crippen LogP contribution in [0.25, 0.3) is 11.3 Å². The van der Waals surface area contributed by atoms with Gasteiger partial charge in [-0.3, -0.25) is 4.79 Å². The minimum atomic E-state index is -0.0851. The Morgan fingerprint density at radius 1 is 1.30 bits per heavy atom. The first-order valence-electron chi connectivity index (χ1n) is 5.79. The van der Waals surface area contributed by atoms with Crippen molar-refractivity contribution < 1.29 is 30.9 Å². The van der Waals surface area contributed by atoms with E-state index in [4.69, 9.17) is 4.52 Å². The lowest BCUT2D eigenvalue weighted by Gasteiger charge is -1.91. The van der Waals surface area contributed by atoms with E-state index >= 15 is 0 Å². The van der Waals surface area contributed by atoms with Crippen LogP contribution in [0, 0.1) is 0 Å². The highest BCUT2D eigenvalue weighted by Crippen LogP contribution is 2.18. The van der Waals surface area contributed by atoms with Crippen LogP contribution in [-0.4, -0.2) is 10.9 Å². The van der Waals surface area contributed by atoms with Crippen LogP contribution in [0.4, 0.5) is 0 Å². The third kappa shape index (κ3) is 3.20. The molecule has 0 radical (unpaired) electrons. The van der Waals surface area contributed by atoms with Gasteiger partial charge in [0.15, 0.2) is 6.20 Å². The summed E-state index contributed by atoms with van der Waals surface area (Å²) in [5.74, 6) is 0.204. The number of halogens is 1. The van der Waals surface area contributed by atoms with Crippen LogP contribution in [0.3, 0.4) is 0 Å². The number of carbonyl (C=O) groups excluding carboxylic acids is 1. The summed E-state index contributed by atoms with van der Waals surface area (Å²) in [5, 5.41) is 5.85. The smallest absolute Gasteiger partial charge is 0.265 e. The van der Waals surface area contributed by atoms with Crippen LogP contribution in [0.1, 0.15) is 10.6 Å². The van der Waals surface area contributed by atoms with Crippen LogP contribution in [0.5, 0.6) is 0 Å². The van der Waals surface area contributed by atoms with Crippen molar-refractivity contribution in [3.05, 3.63) is 59.2 Å². The van der Waals surface area contributed by atoms with E-state index in [9.17, 15) is 4.79 Å². The highest BCUT2D eigenvalue weighted by Gasteiger charge is 2.18.